The number of carboxylic acids is 1. The molecule has 1 aromatic rings. The van der Waals surface area contributed by atoms with Crippen LogP contribution in [0.15, 0.2) is 15.7 Å². The lowest BCUT2D eigenvalue weighted by atomic mass is 10.4. The van der Waals surface area contributed by atoms with Gasteiger partial charge in [0.1, 0.15) is 4.21 Å². The third-order valence-electron chi connectivity index (χ3n) is 3.23. The standard InChI is InChI=1S/C12H18N2O4S2/c15-12(16)10-8-11(19-9-10)20(17,18)13-4-3-7-14-5-1-2-6-14/h8-9,13H,1-7H2,(H,15,16). The molecule has 0 amide bonds. The number of aromatic carboxylic acids is 1. The van der Waals surface area contributed by atoms with Gasteiger partial charge in [0, 0.05) is 11.9 Å². The molecule has 0 radical (unpaired) electrons. The van der Waals surface area contributed by atoms with E-state index in [1.54, 1.807) is 0 Å². The first-order valence-corrected chi connectivity index (χ1v) is 8.89. The highest BCUT2D eigenvalue weighted by molar-refractivity contribution is 7.91. The van der Waals surface area contributed by atoms with Gasteiger partial charge >= 0.3 is 5.97 Å². The van der Waals surface area contributed by atoms with E-state index in [9.17, 15) is 13.2 Å². The fourth-order valence-electron chi connectivity index (χ4n) is 2.16. The largest absolute Gasteiger partial charge is 0.478 e. The van der Waals surface area contributed by atoms with Crippen LogP contribution >= 0.6 is 11.3 Å². The van der Waals surface area contributed by atoms with Gasteiger partial charge in [0.15, 0.2) is 0 Å². The second kappa shape index (κ2) is 6.66. The van der Waals surface area contributed by atoms with Gasteiger partial charge in [-0.1, -0.05) is 0 Å². The SMILES string of the molecule is O=C(O)c1csc(S(=O)(=O)NCCCN2CCCC2)c1. The fraction of sp³-hybridized carbons (Fsp3) is 0.583. The van der Waals surface area contributed by atoms with Crippen molar-refractivity contribution in [3.63, 3.8) is 0 Å². The number of sulfonamides is 1. The maximum absolute atomic E-state index is 12.0. The lowest BCUT2D eigenvalue weighted by Crippen LogP contribution is -2.28. The quantitative estimate of drug-likeness (QED) is 0.738. The van der Waals surface area contributed by atoms with Gasteiger partial charge in [-0.15, -0.1) is 11.3 Å². The summed E-state index contributed by atoms with van der Waals surface area (Å²) in [5, 5.41) is 10.1. The van der Waals surface area contributed by atoms with Crippen molar-refractivity contribution in [3.05, 3.63) is 17.0 Å². The summed E-state index contributed by atoms with van der Waals surface area (Å²) in [6.07, 6.45) is 3.20. The van der Waals surface area contributed by atoms with Crippen molar-refractivity contribution in [2.45, 2.75) is 23.5 Å². The third kappa shape index (κ3) is 4.02. The Morgan fingerprint density at radius 3 is 2.70 bits per heavy atom. The van der Waals surface area contributed by atoms with E-state index in [2.05, 4.69) is 9.62 Å². The molecule has 0 atom stereocenters. The molecule has 1 aliphatic rings. The number of rotatable bonds is 7. The number of likely N-dealkylation sites (tertiary alicyclic amines) is 1. The Morgan fingerprint density at radius 1 is 1.40 bits per heavy atom. The lowest BCUT2D eigenvalue weighted by molar-refractivity contribution is 0.0697. The van der Waals surface area contributed by atoms with Gasteiger partial charge in [-0.25, -0.2) is 17.9 Å². The molecule has 1 aromatic heterocycles. The molecular formula is C12H18N2O4S2. The normalized spacial score (nSPS) is 16.6. The van der Waals surface area contributed by atoms with E-state index < -0.39 is 16.0 Å². The third-order valence-corrected chi connectivity index (χ3v) is 6.13. The highest BCUT2D eigenvalue weighted by Gasteiger charge is 2.18. The second-order valence-electron chi connectivity index (χ2n) is 4.76. The van der Waals surface area contributed by atoms with Gasteiger partial charge < -0.3 is 10.0 Å². The first-order valence-electron chi connectivity index (χ1n) is 6.53. The van der Waals surface area contributed by atoms with Crippen molar-refractivity contribution in [1.29, 1.82) is 0 Å². The summed E-state index contributed by atoms with van der Waals surface area (Å²) in [6, 6.07) is 1.19. The van der Waals surface area contributed by atoms with Crippen LogP contribution < -0.4 is 4.72 Å². The zero-order chi connectivity index (χ0) is 14.6. The molecule has 2 heterocycles. The highest BCUT2D eigenvalue weighted by Crippen LogP contribution is 2.20. The number of carboxylic acid groups (broad SMARTS) is 1. The minimum Gasteiger partial charge on any atom is -0.478 e. The Balaban J connectivity index is 1.82. The molecule has 6 nitrogen and oxygen atoms in total. The number of nitrogens with zero attached hydrogens (tertiary/aromatic N) is 1. The molecule has 112 valence electrons. The van der Waals surface area contributed by atoms with Gasteiger partial charge in [-0.2, -0.15) is 0 Å². The van der Waals surface area contributed by atoms with Crippen LogP contribution in [0.5, 0.6) is 0 Å². The fourth-order valence-corrected chi connectivity index (χ4v) is 4.43. The Hall–Kier alpha value is -0.960. The zero-order valence-corrected chi connectivity index (χ0v) is 12.7. The number of nitrogens with one attached hydrogen (secondary N) is 1. The van der Waals surface area contributed by atoms with Crippen LogP contribution in [-0.4, -0.2) is 50.6 Å². The molecule has 1 fully saturated rings. The number of thiophene rings is 1. The highest BCUT2D eigenvalue weighted by atomic mass is 32.2. The van der Waals surface area contributed by atoms with Crippen LogP contribution in [0, 0.1) is 0 Å². The van der Waals surface area contributed by atoms with E-state index in [0.29, 0.717) is 6.54 Å². The molecule has 0 spiro atoms. The smallest absolute Gasteiger partial charge is 0.336 e. The molecule has 1 aliphatic heterocycles. The van der Waals surface area contributed by atoms with E-state index in [0.717, 1.165) is 37.4 Å². The zero-order valence-electron chi connectivity index (χ0n) is 11.0. The number of carbonyl (C=O) groups is 1. The van der Waals surface area contributed by atoms with Crippen LogP contribution in [0.4, 0.5) is 0 Å². The molecule has 0 unspecified atom stereocenters. The van der Waals surface area contributed by atoms with E-state index in [1.165, 1.54) is 24.3 Å². The second-order valence-corrected chi connectivity index (χ2v) is 7.66. The van der Waals surface area contributed by atoms with E-state index in [-0.39, 0.29) is 9.77 Å². The average molecular weight is 318 g/mol. The van der Waals surface area contributed by atoms with Crippen LogP contribution in [-0.2, 0) is 10.0 Å². The molecule has 1 saturated heterocycles. The van der Waals surface area contributed by atoms with E-state index in [4.69, 9.17) is 5.11 Å². The first kappa shape index (κ1) is 15.4. The van der Waals surface area contributed by atoms with Crippen molar-refractivity contribution in [2.24, 2.45) is 0 Å². The topological polar surface area (TPSA) is 86.7 Å². The summed E-state index contributed by atoms with van der Waals surface area (Å²) in [4.78, 5) is 13.1. The van der Waals surface area contributed by atoms with Crippen molar-refractivity contribution in [3.8, 4) is 0 Å². The van der Waals surface area contributed by atoms with Crippen molar-refractivity contribution in [1.82, 2.24) is 9.62 Å². The summed E-state index contributed by atoms with van der Waals surface area (Å²) in [6.45, 7) is 3.46. The Bertz CT molecular complexity index is 562. The van der Waals surface area contributed by atoms with E-state index in [1.807, 2.05) is 0 Å². The Morgan fingerprint density at radius 2 is 2.10 bits per heavy atom. The predicted octanol–water partition coefficient (Wildman–Crippen LogP) is 1.21. The molecule has 8 heteroatoms. The molecular weight excluding hydrogens is 300 g/mol. The molecule has 2 N–H and O–H groups in total. The number of hydrogen-bond donors (Lipinski definition) is 2. The summed E-state index contributed by atoms with van der Waals surface area (Å²) >= 11 is 0.926. The van der Waals surface area contributed by atoms with Crippen LogP contribution in [0.25, 0.3) is 0 Å². The summed E-state index contributed by atoms with van der Waals surface area (Å²) in [5.41, 5.74) is 0.00689. The summed E-state index contributed by atoms with van der Waals surface area (Å²) in [7, 11) is -3.58. The maximum Gasteiger partial charge on any atom is 0.336 e. The monoisotopic (exact) mass is 318 g/mol. The van der Waals surface area contributed by atoms with Gasteiger partial charge in [-0.3, -0.25) is 0 Å². The summed E-state index contributed by atoms with van der Waals surface area (Å²) in [5.74, 6) is -1.11. The summed E-state index contributed by atoms with van der Waals surface area (Å²) < 4.78 is 26.5. The minimum absolute atomic E-state index is 0.00689. The molecule has 0 bridgehead atoms. The van der Waals surface area contributed by atoms with E-state index >= 15 is 0 Å². The van der Waals surface area contributed by atoms with Crippen molar-refractivity contribution in [2.75, 3.05) is 26.2 Å². The Kier molecular flexibility index (Phi) is 5.14. The van der Waals surface area contributed by atoms with Gasteiger partial charge in [0.2, 0.25) is 10.0 Å². The minimum atomic E-state index is -3.58. The predicted molar refractivity (Wildman–Crippen MR) is 76.8 cm³/mol. The van der Waals surface area contributed by atoms with Crippen LogP contribution in [0.1, 0.15) is 29.6 Å². The molecule has 2 rings (SSSR count). The Labute approximate surface area is 122 Å². The van der Waals surface area contributed by atoms with Crippen molar-refractivity contribution < 1.29 is 18.3 Å². The van der Waals surface area contributed by atoms with Gasteiger partial charge in [-0.05, 0) is 45.0 Å². The average Bonchev–Trinajstić information content (AvgIpc) is 3.05. The molecule has 20 heavy (non-hydrogen) atoms. The van der Waals surface area contributed by atoms with Crippen LogP contribution in [0.3, 0.4) is 0 Å². The van der Waals surface area contributed by atoms with Gasteiger partial charge in [0.25, 0.3) is 0 Å². The molecule has 0 saturated carbocycles. The van der Waals surface area contributed by atoms with Gasteiger partial charge in [0.05, 0.1) is 5.56 Å². The number of hydrogen-bond acceptors (Lipinski definition) is 5. The molecule has 0 aromatic carbocycles. The molecule has 0 aliphatic carbocycles. The van der Waals surface area contributed by atoms with Crippen molar-refractivity contribution >= 4 is 27.3 Å². The maximum atomic E-state index is 12.0. The first-order chi connectivity index (χ1) is 9.49. The lowest BCUT2D eigenvalue weighted by Gasteiger charge is -2.14. The van der Waals surface area contributed by atoms with Crippen LogP contribution in [0.2, 0.25) is 0 Å².